The van der Waals surface area contributed by atoms with Gasteiger partial charge in [0.2, 0.25) is 0 Å². The first-order valence-electron chi connectivity index (χ1n) is 6.05. The molecule has 0 aliphatic heterocycles. The van der Waals surface area contributed by atoms with Crippen LogP contribution in [0.25, 0.3) is 17.0 Å². The summed E-state index contributed by atoms with van der Waals surface area (Å²) in [5.41, 5.74) is 0.375. The molecule has 0 amide bonds. The average molecular weight is 260 g/mol. The maximum absolute atomic E-state index is 11.3. The number of hydrogen-bond donors (Lipinski definition) is 1. The van der Waals surface area contributed by atoms with Gasteiger partial charge in [-0.25, -0.2) is 4.79 Å². The summed E-state index contributed by atoms with van der Waals surface area (Å²) in [5, 5.41) is 10.9. The molecule has 4 nitrogen and oxygen atoms in total. The van der Waals surface area contributed by atoms with Gasteiger partial charge >= 0.3 is 5.63 Å². The quantitative estimate of drug-likeness (QED) is 0.861. The zero-order valence-electron chi connectivity index (χ0n) is 11.1. The molecule has 0 saturated heterocycles. The van der Waals surface area contributed by atoms with Crippen LogP contribution in [0.4, 0.5) is 0 Å². The van der Waals surface area contributed by atoms with Crippen LogP contribution >= 0.6 is 0 Å². The molecule has 100 valence electrons. The van der Waals surface area contributed by atoms with Crippen molar-refractivity contribution in [2.24, 2.45) is 5.92 Å². The van der Waals surface area contributed by atoms with E-state index in [-0.39, 0.29) is 5.75 Å². The van der Waals surface area contributed by atoms with Crippen LogP contribution in [-0.4, -0.2) is 12.2 Å². The Kier molecular flexibility index (Phi) is 3.60. The van der Waals surface area contributed by atoms with Crippen LogP contribution in [-0.2, 0) is 0 Å². The summed E-state index contributed by atoms with van der Waals surface area (Å²) in [6, 6.07) is 4.63. The molecule has 0 radical (unpaired) electrons. The van der Waals surface area contributed by atoms with E-state index in [1.807, 2.05) is 19.9 Å². The minimum Gasteiger partial charge on any atom is -0.504 e. The van der Waals surface area contributed by atoms with E-state index in [4.69, 9.17) is 9.15 Å². The van der Waals surface area contributed by atoms with Crippen LogP contribution in [0.1, 0.15) is 19.4 Å². The number of ether oxygens (including phenoxy) is 1. The van der Waals surface area contributed by atoms with Crippen molar-refractivity contribution < 1.29 is 14.3 Å². The molecule has 2 aromatic rings. The third kappa shape index (κ3) is 2.62. The van der Waals surface area contributed by atoms with E-state index in [1.54, 1.807) is 18.2 Å². The highest BCUT2D eigenvalue weighted by Crippen LogP contribution is 2.37. The molecule has 0 bridgehead atoms. The fourth-order valence-corrected chi connectivity index (χ4v) is 1.80. The molecule has 0 fully saturated rings. The second-order valence-corrected chi connectivity index (χ2v) is 4.62. The van der Waals surface area contributed by atoms with Crippen molar-refractivity contribution in [2.45, 2.75) is 13.8 Å². The van der Waals surface area contributed by atoms with E-state index in [9.17, 15) is 9.90 Å². The first-order chi connectivity index (χ1) is 9.02. The van der Waals surface area contributed by atoms with Gasteiger partial charge in [-0.15, -0.1) is 0 Å². The Labute approximate surface area is 110 Å². The number of hydrogen-bond acceptors (Lipinski definition) is 4. The van der Waals surface area contributed by atoms with Gasteiger partial charge in [0.1, 0.15) is 5.58 Å². The van der Waals surface area contributed by atoms with Crippen LogP contribution in [0.5, 0.6) is 11.5 Å². The second kappa shape index (κ2) is 5.18. The predicted molar refractivity (Wildman–Crippen MR) is 74.6 cm³/mol. The van der Waals surface area contributed by atoms with E-state index in [2.05, 4.69) is 0 Å². The summed E-state index contributed by atoms with van der Waals surface area (Å²) >= 11 is 0. The van der Waals surface area contributed by atoms with Gasteiger partial charge in [0.15, 0.2) is 11.5 Å². The fraction of sp³-hybridized carbons (Fsp3) is 0.267. The van der Waals surface area contributed by atoms with E-state index in [1.165, 1.54) is 13.2 Å². The van der Waals surface area contributed by atoms with E-state index < -0.39 is 5.63 Å². The Morgan fingerprint density at radius 1 is 1.37 bits per heavy atom. The molecule has 0 aliphatic carbocycles. The van der Waals surface area contributed by atoms with Crippen LogP contribution in [0, 0.1) is 5.92 Å². The van der Waals surface area contributed by atoms with Gasteiger partial charge in [-0.3, -0.25) is 0 Å². The topological polar surface area (TPSA) is 59.7 Å². The Morgan fingerprint density at radius 3 is 2.74 bits per heavy atom. The molecule has 2 rings (SSSR count). The molecular formula is C15H16O4. The minimum atomic E-state index is -0.448. The van der Waals surface area contributed by atoms with Gasteiger partial charge in [0.25, 0.3) is 0 Å². The van der Waals surface area contributed by atoms with Gasteiger partial charge in [0, 0.05) is 11.5 Å². The number of fused-ring (bicyclic) bond motifs is 1. The standard InChI is InChI=1S/C15H16O4/c1-9(2)4-6-11-14(17)12(18-3)8-10-5-7-13(16)19-15(10)11/h4-9,17H,1-3H3. The van der Waals surface area contributed by atoms with Crippen molar-refractivity contribution in [3.63, 3.8) is 0 Å². The van der Waals surface area contributed by atoms with Crippen LogP contribution in [0.3, 0.4) is 0 Å². The Morgan fingerprint density at radius 2 is 2.11 bits per heavy atom. The van der Waals surface area contributed by atoms with E-state index in [0.717, 1.165) is 0 Å². The number of methoxy groups -OCH3 is 1. The normalized spacial score (nSPS) is 11.6. The SMILES string of the molecule is COc1cc2ccc(=O)oc2c(C=CC(C)C)c1O. The summed E-state index contributed by atoms with van der Waals surface area (Å²) in [7, 11) is 1.48. The third-order valence-corrected chi connectivity index (χ3v) is 2.75. The maximum Gasteiger partial charge on any atom is 0.336 e. The van der Waals surface area contributed by atoms with Crippen LogP contribution in [0.15, 0.2) is 33.5 Å². The van der Waals surface area contributed by atoms with Crippen molar-refractivity contribution >= 4 is 17.0 Å². The van der Waals surface area contributed by atoms with E-state index in [0.29, 0.717) is 28.2 Å². The van der Waals surface area contributed by atoms with Crippen molar-refractivity contribution in [2.75, 3.05) is 7.11 Å². The fourth-order valence-electron chi connectivity index (χ4n) is 1.80. The molecule has 0 aliphatic rings. The number of allylic oxidation sites excluding steroid dienone is 1. The number of benzene rings is 1. The monoisotopic (exact) mass is 260 g/mol. The van der Waals surface area contributed by atoms with Gasteiger partial charge in [-0.1, -0.05) is 26.0 Å². The van der Waals surface area contributed by atoms with Gasteiger partial charge < -0.3 is 14.3 Å². The van der Waals surface area contributed by atoms with Crippen LogP contribution < -0.4 is 10.4 Å². The lowest BCUT2D eigenvalue weighted by atomic mass is 10.1. The van der Waals surface area contributed by atoms with Crippen molar-refractivity contribution in [1.82, 2.24) is 0 Å². The first-order valence-corrected chi connectivity index (χ1v) is 6.05. The van der Waals surface area contributed by atoms with E-state index >= 15 is 0 Å². The summed E-state index contributed by atoms with van der Waals surface area (Å²) in [5.74, 6) is 0.641. The maximum atomic E-state index is 11.3. The summed E-state index contributed by atoms with van der Waals surface area (Å²) in [6.45, 7) is 4.04. The van der Waals surface area contributed by atoms with Gasteiger partial charge in [-0.05, 0) is 18.1 Å². The zero-order valence-corrected chi connectivity index (χ0v) is 11.1. The third-order valence-electron chi connectivity index (χ3n) is 2.75. The Bertz CT molecular complexity index is 680. The Balaban J connectivity index is 2.78. The summed E-state index contributed by atoms with van der Waals surface area (Å²) in [6.07, 6.45) is 3.66. The first kappa shape index (κ1) is 13.2. The number of rotatable bonds is 3. The molecule has 1 heterocycles. The molecule has 1 N–H and O–H groups in total. The van der Waals surface area contributed by atoms with Crippen molar-refractivity contribution in [3.05, 3.63) is 40.3 Å². The molecule has 19 heavy (non-hydrogen) atoms. The lowest BCUT2D eigenvalue weighted by Crippen LogP contribution is -1.97. The average Bonchev–Trinajstić information content (AvgIpc) is 2.37. The number of aromatic hydroxyl groups is 1. The molecule has 4 heteroatoms. The largest absolute Gasteiger partial charge is 0.504 e. The highest BCUT2D eigenvalue weighted by atomic mass is 16.5. The molecule has 0 spiro atoms. The van der Waals surface area contributed by atoms with Crippen LogP contribution in [0.2, 0.25) is 0 Å². The predicted octanol–water partition coefficient (Wildman–Crippen LogP) is 3.18. The minimum absolute atomic E-state index is 0.0266. The second-order valence-electron chi connectivity index (χ2n) is 4.62. The molecule has 1 aromatic carbocycles. The number of phenolic OH excluding ortho intramolecular Hbond substituents is 1. The van der Waals surface area contributed by atoms with Crippen molar-refractivity contribution in [1.29, 1.82) is 0 Å². The molecule has 0 atom stereocenters. The molecule has 0 saturated carbocycles. The van der Waals surface area contributed by atoms with Gasteiger partial charge in [0.05, 0.1) is 12.7 Å². The number of phenols is 1. The van der Waals surface area contributed by atoms with Gasteiger partial charge in [-0.2, -0.15) is 0 Å². The Hall–Kier alpha value is -2.23. The molecular weight excluding hydrogens is 244 g/mol. The smallest absolute Gasteiger partial charge is 0.336 e. The highest BCUT2D eigenvalue weighted by molar-refractivity contribution is 5.90. The molecule has 1 aromatic heterocycles. The lowest BCUT2D eigenvalue weighted by Gasteiger charge is -2.09. The van der Waals surface area contributed by atoms with Crippen molar-refractivity contribution in [3.8, 4) is 11.5 Å². The summed E-state index contributed by atoms with van der Waals surface area (Å²) < 4.78 is 10.3. The summed E-state index contributed by atoms with van der Waals surface area (Å²) in [4.78, 5) is 11.3. The zero-order chi connectivity index (χ0) is 14.0. The highest BCUT2D eigenvalue weighted by Gasteiger charge is 2.13. The molecule has 0 unspecified atom stereocenters. The lowest BCUT2D eigenvalue weighted by molar-refractivity contribution is 0.373.